The van der Waals surface area contributed by atoms with Gasteiger partial charge in [-0.3, -0.25) is 4.79 Å². The van der Waals surface area contributed by atoms with E-state index < -0.39 is 0 Å². The molecule has 2 aromatic rings. The van der Waals surface area contributed by atoms with Gasteiger partial charge in [-0.05, 0) is 31.0 Å². The summed E-state index contributed by atoms with van der Waals surface area (Å²) in [5.74, 6) is -0.0429. The molecule has 0 unspecified atom stereocenters. The van der Waals surface area contributed by atoms with Crippen LogP contribution in [0.2, 0.25) is 0 Å². The Bertz CT molecular complexity index is 610. The Morgan fingerprint density at radius 2 is 2.16 bits per heavy atom. The van der Waals surface area contributed by atoms with Crippen molar-refractivity contribution < 1.29 is 4.79 Å². The van der Waals surface area contributed by atoms with Gasteiger partial charge in [0.25, 0.3) is 0 Å². The van der Waals surface area contributed by atoms with E-state index in [2.05, 4.69) is 16.4 Å². The van der Waals surface area contributed by atoms with Crippen molar-refractivity contribution in [2.75, 3.05) is 5.32 Å². The molecule has 1 amide bonds. The molecule has 4 nitrogen and oxygen atoms in total. The van der Waals surface area contributed by atoms with E-state index in [0.717, 1.165) is 10.4 Å². The first-order valence-corrected chi connectivity index (χ1v) is 6.70. The van der Waals surface area contributed by atoms with E-state index >= 15 is 0 Å². The summed E-state index contributed by atoms with van der Waals surface area (Å²) in [4.78, 5) is 16.9. The number of hydrogen-bond donors (Lipinski definition) is 1. The third-order valence-electron chi connectivity index (χ3n) is 2.59. The average molecular weight is 271 g/mol. The van der Waals surface area contributed by atoms with Crippen LogP contribution in [0.25, 0.3) is 0 Å². The van der Waals surface area contributed by atoms with Gasteiger partial charge < -0.3 is 5.32 Å². The third-order valence-corrected chi connectivity index (χ3v) is 3.42. The molecule has 0 bridgehead atoms. The number of nitrogens with zero attached hydrogens (tertiary/aromatic N) is 2. The number of amides is 1. The molecule has 0 saturated carbocycles. The van der Waals surface area contributed by atoms with Crippen LogP contribution in [0.15, 0.2) is 30.5 Å². The lowest BCUT2D eigenvalue weighted by Gasteiger charge is -2.02. The molecule has 0 fully saturated rings. The lowest BCUT2D eigenvalue weighted by atomic mass is 10.1. The van der Waals surface area contributed by atoms with Crippen molar-refractivity contribution in [2.24, 2.45) is 0 Å². The zero-order chi connectivity index (χ0) is 13.7. The first kappa shape index (κ1) is 13.2. The number of nitrogens with one attached hydrogen (secondary N) is 1. The summed E-state index contributed by atoms with van der Waals surface area (Å²) in [6.45, 7) is 1.95. The quantitative estimate of drug-likeness (QED) is 0.929. The molecule has 1 N–H and O–H groups in total. The second-order valence-corrected chi connectivity index (χ2v) is 5.37. The highest BCUT2D eigenvalue weighted by Crippen LogP contribution is 2.16. The van der Waals surface area contributed by atoms with Gasteiger partial charge in [0.05, 0.1) is 11.6 Å². The molecule has 0 spiro atoms. The van der Waals surface area contributed by atoms with Gasteiger partial charge >= 0.3 is 0 Å². The van der Waals surface area contributed by atoms with Gasteiger partial charge in [0.1, 0.15) is 0 Å². The van der Waals surface area contributed by atoms with Crippen LogP contribution >= 0.6 is 11.3 Å². The van der Waals surface area contributed by atoms with Crippen LogP contribution < -0.4 is 5.32 Å². The van der Waals surface area contributed by atoms with E-state index in [0.29, 0.717) is 23.5 Å². The molecule has 2 rings (SSSR count). The zero-order valence-corrected chi connectivity index (χ0v) is 11.3. The van der Waals surface area contributed by atoms with Crippen LogP contribution in [0.5, 0.6) is 0 Å². The van der Waals surface area contributed by atoms with Crippen molar-refractivity contribution in [2.45, 2.75) is 19.8 Å². The Balaban J connectivity index is 1.84. The molecular weight excluding hydrogens is 258 g/mol. The number of benzene rings is 1. The summed E-state index contributed by atoms with van der Waals surface area (Å²) >= 11 is 1.46. The minimum absolute atomic E-state index is 0.0429. The molecular formula is C14H13N3OS. The van der Waals surface area contributed by atoms with Gasteiger partial charge in [0.2, 0.25) is 5.91 Å². The minimum Gasteiger partial charge on any atom is -0.302 e. The number of carbonyl (C=O) groups excluding carboxylic acids is 1. The standard InChI is InChI=1S/C14H13N3OS/c1-10-9-16-14(19-10)17-13(18)7-6-11-2-4-12(8-15)5-3-11/h2-5,9H,6-7H2,1H3,(H,16,17,18). The number of thiazole rings is 1. The van der Waals surface area contributed by atoms with Gasteiger partial charge in [-0.25, -0.2) is 4.98 Å². The highest BCUT2D eigenvalue weighted by atomic mass is 32.1. The molecule has 0 aliphatic carbocycles. The monoisotopic (exact) mass is 271 g/mol. The summed E-state index contributed by atoms with van der Waals surface area (Å²) in [6.07, 6.45) is 2.80. The topological polar surface area (TPSA) is 65.8 Å². The first-order chi connectivity index (χ1) is 9.17. The Kier molecular flexibility index (Phi) is 4.26. The van der Waals surface area contributed by atoms with E-state index in [4.69, 9.17) is 5.26 Å². The van der Waals surface area contributed by atoms with E-state index in [-0.39, 0.29) is 5.91 Å². The molecule has 0 radical (unpaired) electrons. The number of aromatic nitrogens is 1. The maximum absolute atomic E-state index is 11.7. The minimum atomic E-state index is -0.0429. The van der Waals surface area contributed by atoms with Crippen LogP contribution in [-0.4, -0.2) is 10.9 Å². The molecule has 1 aromatic heterocycles. The Hall–Kier alpha value is -2.19. The predicted octanol–water partition coefficient (Wildman–Crippen LogP) is 2.89. The number of hydrogen-bond acceptors (Lipinski definition) is 4. The Morgan fingerprint density at radius 1 is 1.42 bits per heavy atom. The van der Waals surface area contributed by atoms with Gasteiger partial charge in [0, 0.05) is 17.5 Å². The fraction of sp³-hybridized carbons (Fsp3) is 0.214. The molecule has 19 heavy (non-hydrogen) atoms. The van der Waals surface area contributed by atoms with Gasteiger partial charge in [-0.15, -0.1) is 11.3 Å². The van der Waals surface area contributed by atoms with Crippen molar-refractivity contribution in [1.29, 1.82) is 5.26 Å². The zero-order valence-electron chi connectivity index (χ0n) is 10.5. The smallest absolute Gasteiger partial charge is 0.226 e. The van der Waals surface area contributed by atoms with Crippen LogP contribution in [0.3, 0.4) is 0 Å². The summed E-state index contributed by atoms with van der Waals surface area (Å²) in [5.41, 5.74) is 1.68. The molecule has 5 heteroatoms. The lowest BCUT2D eigenvalue weighted by molar-refractivity contribution is -0.116. The van der Waals surface area contributed by atoms with Gasteiger partial charge in [-0.2, -0.15) is 5.26 Å². The molecule has 0 aliphatic heterocycles. The maximum atomic E-state index is 11.7. The number of anilines is 1. The number of carbonyl (C=O) groups is 1. The summed E-state index contributed by atoms with van der Waals surface area (Å²) in [7, 11) is 0. The average Bonchev–Trinajstić information content (AvgIpc) is 2.82. The molecule has 0 saturated heterocycles. The van der Waals surface area contributed by atoms with Crippen molar-refractivity contribution >= 4 is 22.4 Å². The van der Waals surface area contributed by atoms with E-state index in [9.17, 15) is 4.79 Å². The largest absolute Gasteiger partial charge is 0.302 e. The number of aryl methyl sites for hydroxylation is 2. The van der Waals surface area contributed by atoms with E-state index in [1.807, 2.05) is 19.1 Å². The van der Waals surface area contributed by atoms with Crippen LogP contribution in [0.1, 0.15) is 22.4 Å². The molecule has 1 aromatic carbocycles. The fourth-order valence-electron chi connectivity index (χ4n) is 1.60. The number of nitriles is 1. The highest BCUT2D eigenvalue weighted by molar-refractivity contribution is 7.15. The highest BCUT2D eigenvalue weighted by Gasteiger charge is 2.05. The maximum Gasteiger partial charge on any atom is 0.226 e. The summed E-state index contributed by atoms with van der Waals surface area (Å²) in [5, 5.41) is 12.1. The van der Waals surface area contributed by atoms with Crippen molar-refractivity contribution in [3.05, 3.63) is 46.5 Å². The molecule has 0 aliphatic rings. The van der Waals surface area contributed by atoms with Crippen molar-refractivity contribution in [3.8, 4) is 6.07 Å². The second kappa shape index (κ2) is 6.12. The summed E-state index contributed by atoms with van der Waals surface area (Å²) in [6, 6.07) is 9.34. The first-order valence-electron chi connectivity index (χ1n) is 5.88. The SMILES string of the molecule is Cc1cnc(NC(=O)CCc2ccc(C#N)cc2)s1. The second-order valence-electron chi connectivity index (χ2n) is 4.13. The van der Waals surface area contributed by atoms with Crippen LogP contribution in [-0.2, 0) is 11.2 Å². The van der Waals surface area contributed by atoms with Crippen molar-refractivity contribution in [3.63, 3.8) is 0 Å². The van der Waals surface area contributed by atoms with E-state index in [1.165, 1.54) is 11.3 Å². The van der Waals surface area contributed by atoms with Crippen molar-refractivity contribution in [1.82, 2.24) is 4.98 Å². The third kappa shape index (κ3) is 3.90. The predicted molar refractivity (Wildman–Crippen MR) is 75.0 cm³/mol. The van der Waals surface area contributed by atoms with E-state index in [1.54, 1.807) is 18.3 Å². The Morgan fingerprint density at radius 3 is 2.74 bits per heavy atom. The van der Waals surface area contributed by atoms with Crippen LogP contribution in [0, 0.1) is 18.3 Å². The number of rotatable bonds is 4. The molecule has 0 atom stereocenters. The normalized spacial score (nSPS) is 9.89. The van der Waals surface area contributed by atoms with Crippen LogP contribution in [0.4, 0.5) is 5.13 Å². The Labute approximate surface area is 115 Å². The summed E-state index contributed by atoms with van der Waals surface area (Å²) < 4.78 is 0. The molecule has 1 heterocycles. The van der Waals surface area contributed by atoms with Gasteiger partial charge in [0.15, 0.2) is 5.13 Å². The van der Waals surface area contributed by atoms with Gasteiger partial charge in [-0.1, -0.05) is 12.1 Å². The fourth-order valence-corrected chi connectivity index (χ4v) is 2.28. The molecule has 96 valence electrons. The lowest BCUT2D eigenvalue weighted by Crippen LogP contribution is -2.11.